The number of fused-ring (bicyclic) bond motifs is 3. The molecule has 2 aromatic rings. The maximum atomic E-state index is 13.3. The van der Waals surface area contributed by atoms with E-state index in [1.165, 1.54) is 64.2 Å². The SMILES string of the molecule is CC[C@@H](CC1CCCCC1)N1[C@@H]2CCC[C@H]1C[C@@H](n1c(=O)c(C(=O)O)nc3ccccc31)C2. The van der Waals surface area contributed by atoms with Gasteiger partial charge in [-0.1, -0.05) is 57.6 Å². The Kier molecular flexibility index (Phi) is 6.55. The fourth-order valence-corrected chi connectivity index (χ4v) is 7.16. The predicted octanol–water partition coefficient (Wildman–Crippen LogP) is 5.40. The van der Waals surface area contributed by atoms with Crippen LogP contribution in [0.1, 0.15) is 101 Å². The highest BCUT2D eigenvalue weighted by Gasteiger charge is 2.42. The minimum absolute atomic E-state index is 0.0298. The van der Waals surface area contributed by atoms with E-state index in [-0.39, 0.29) is 11.7 Å². The van der Waals surface area contributed by atoms with Gasteiger partial charge in [0.05, 0.1) is 11.0 Å². The molecular weight excluding hydrogens is 414 g/mol. The second-order valence-corrected chi connectivity index (χ2v) is 10.5. The summed E-state index contributed by atoms with van der Waals surface area (Å²) < 4.78 is 1.77. The number of hydrogen-bond acceptors (Lipinski definition) is 4. The first-order chi connectivity index (χ1) is 16.1. The van der Waals surface area contributed by atoms with Crippen LogP contribution in [-0.2, 0) is 0 Å². The molecule has 0 unspecified atom stereocenters. The number of nitrogens with zero attached hydrogens (tertiary/aromatic N) is 3. The Labute approximate surface area is 196 Å². The zero-order valence-electron chi connectivity index (χ0n) is 19.8. The molecule has 6 nitrogen and oxygen atoms in total. The summed E-state index contributed by atoms with van der Waals surface area (Å²) in [5.41, 5.74) is 0.543. The Bertz CT molecular complexity index is 1040. The van der Waals surface area contributed by atoms with E-state index >= 15 is 0 Å². The summed E-state index contributed by atoms with van der Waals surface area (Å²) >= 11 is 0. The summed E-state index contributed by atoms with van der Waals surface area (Å²) in [5.74, 6) is -0.373. The van der Waals surface area contributed by atoms with Gasteiger partial charge >= 0.3 is 5.97 Å². The van der Waals surface area contributed by atoms with Crippen molar-refractivity contribution in [1.29, 1.82) is 0 Å². The van der Waals surface area contributed by atoms with Crippen LogP contribution in [0.5, 0.6) is 0 Å². The first-order valence-electron chi connectivity index (χ1n) is 13.1. The lowest BCUT2D eigenvalue weighted by Crippen LogP contribution is -2.57. The summed E-state index contributed by atoms with van der Waals surface area (Å²) in [5, 5.41) is 9.63. The molecule has 0 spiro atoms. The number of carboxylic acids is 1. The molecule has 1 N–H and O–H groups in total. The molecule has 1 aliphatic carbocycles. The topological polar surface area (TPSA) is 75.4 Å². The van der Waals surface area contributed by atoms with Crippen molar-refractivity contribution in [2.45, 2.75) is 108 Å². The van der Waals surface area contributed by atoms with Gasteiger partial charge in [0.1, 0.15) is 0 Å². The van der Waals surface area contributed by atoms with E-state index in [0.717, 1.165) is 24.3 Å². The highest BCUT2D eigenvalue weighted by atomic mass is 16.4. The van der Waals surface area contributed by atoms with E-state index in [9.17, 15) is 14.7 Å². The third kappa shape index (κ3) is 4.34. The minimum Gasteiger partial charge on any atom is -0.476 e. The number of rotatable bonds is 6. The van der Waals surface area contributed by atoms with Gasteiger partial charge in [-0.3, -0.25) is 9.69 Å². The molecular formula is C27H37N3O3. The second-order valence-electron chi connectivity index (χ2n) is 10.5. The molecule has 0 amide bonds. The van der Waals surface area contributed by atoms with E-state index in [1.54, 1.807) is 4.57 Å². The van der Waals surface area contributed by atoms with Crippen molar-refractivity contribution in [3.05, 3.63) is 40.3 Å². The van der Waals surface area contributed by atoms with Crippen LogP contribution in [0.4, 0.5) is 0 Å². The standard InChI is InChI=1S/C27H37N3O3/c1-2-19(15-18-9-4-3-5-10-18)29-20-11-8-12-21(29)17-22(16-20)30-24-14-7-6-13-23(24)28-25(26(30)31)27(32)33/h6-7,13-14,18-22H,2-5,8-12,15-17H2,1H3,(H,32,33)/t19-,20-,21+,22+/m0/s1. The molecule has 2 bridgehead atoms. The summed E-state index contributed by atoms with van der Waals surface area (Å²) in [4.78, 5) is 32.1. The lowest BCUT2D eigenvalue weighted by Gasteiger charge is -2.53. The minimum atomic E-state index is -1.24. The average molecular weight is 452 g/mol. The molecule has 6 heteroatoms. The van der Waals surface area contributed by atoms with Crippen molar-refractivity contribution in [2.24, 2.45) is 5.92 Å². The molecule has 3 heterocycles. The highest BCUT2D eigenvalue weighted by Crippen LogP contribution is 2.43. The maximum Gasteiger partial charge on any atom is 0.360 e. The highest BCUT2D eigenvalue weighted by molar-refractivity contribution is 5.88. The number of aromatic nitrogens is 2. The molecule has 1 aromatic carbocycles. The Morgan fingerprint density at radius 1 is 1.03 bits per heavy atom. The molecule has 4 atom stereocenters. The van der Waals surface area contributed by atoms with Crippen LogP contribution in [0.2, 0.25) is 0 Å². The Hall–Kier alpha value is -2.21. The van der Waals surface area contributed by atoms with Crippen molar-refractivity contribution < 1.29 is 9.90 Å². The van der Waals surface area contributed by atoms with Crippen LogP contribution < -0.4 is 5.56 Å². The van der Waals surface area contributed by atoms with Crippen LogP contribution in [0, 0.1) is 5.92 Å². The monoisotopic (exact) mass is 451 g/mol. The normalized spacial score (nSPS) is 27.5. The molecule has 3 fully saturated rings. The van der Waals surface area contributed by atoms with E-state index in [4.69, 9.17) is 0 Å². The lowest BCUT2D eigenvalue weighted by molar-refractivity contribution is -0.0269. The molecule has 1 saturated carbocycles. The number of para-hydroxylation sites is 2. The maximum absolute atomic E-state index is 13.3. The molecule has 5 rings (SSSR count). The number of hydrogen-bond donors (Lipinski definition) is 1. The van der Waals surface area contributed by atoms with Gasteiger partial charge in [0.15, 0.2) is 0 Å². The third-order valence-electron chi connectivity index (χ3n) is 8.59. The van der Waals surface area contributed by atoms with E-state index in [2.05, 4.69) is 16.8 Å². The molecule has 2 saturated heterocycles. The van der Waals surface area contributed by atoms with Crippen molar-refractivity contribution in [1.82, 2.24) is 14.5 Å². The van der Waals surface area contributed by atoms with Gasteiger partial charge in [0.2, 0.25) is 5.69 Å². The number of aromatic carboxylic acids is 1. The Balaban J connectivity index is 1.46. The lowest BCUT2D eigenvalue weighted by atomic mass is 9.77. The summed E-state index contributed by atoms with van der Waals surface area (Å²) in [6.45, 7) is 2.34. The van der Waals surface area contributed by atoms with Gasteiger partial charge in [-0.05, 0) is 56.6 Å². The molecule has 2 aliphatic heterocycles. The first-order valence-corrected chi connectivity index (χ1v) is 13.1. The third-order valence-corrected chi connectivity index (χ3v) is 8.59. The quantitative estimate of drug-likeness (QED) is 0.636. The zero-order chi connectivity index (χ0) is 22.9. The van der Waals surface area contributed by atoms with E-state index in [1.807, 2.05) is 24.3 Å². The van der Waals surface area contributed by atoms with Gasteiger partial charge in [-0.2, -0.15) is 0 Å². The zero-order valence-corrected chi connectivity index (χ0v) is 19.8. The summed E-state index contributed by atoms with van der Waals surface area (Å²) in [6, 6.07) is 9.09. The Morgan fingerprint density at radius 3 is 2.39 bits per heavy atom. The molecule has 0 radical (unpaired) electrons. The van der Waals surface area contributed by atoms with Gasteiger partial charge in [-0.25, -0.2) is 9.78 Å². The van der Waals surface area contributed by atoms with Crippen LogP contribution in [-0.4, -0.2) is 43.7 Å². The number of piperidine rings is 2. The number of carbonyl (C=O) groups is 1. The second kappa shape index (κ2) is 9.57. The largest absolute Gasteiger partial charge is 0.476 e. The molecule has 33 heavy (non-hydrogen) atoms. The van der Waals surface area contributed by atoms with Gasteiger partial charge in [-0.15, -0.1) is 0 Å². The van der Waals surface area contributed by atoms with Crippen molar-refractivity contribution in [3.63, 3.8) is 0 Å². The van der Waals surface area contributed by atoms with E-state index < -0.39 is 11.5 Å². The van der Waals surface area contributed by atoms with Crippen molar-refractivity contribution in [2.75, 3.05) is 0 Å². The van der Waals surface area contributed by atoms with Gasteiger partial charge < -0.3 is 9.67 Å². The molecule has 3 aliphatic rings. The smallest absolute Gasteiger partial charge is 0.360 e. The molecule has 178 valence electrons. The average Bonchev–Trinajstić information content (AvgIpc) is 2.82. The summed E-state index contributed by atoms with van der Waals surface area (Å²) in [7, 11) is 0. The first kappa shape index (κ1) is 22.6. The van der Waals surface area contributed by atoms with Crippen molar-refractivity contribution in [3.8, 4) is 0 Å². The van der Waals surface area contributed by atoms with Crippen LogP contribution >= 0.6 is 0 Å². The van der Waals surface area contributed by atoms with Crippen LogP contribution in [0.3, 0.4) is 0 Å². The van der Waals surface area contributed by atoms with Gasteiger partial charge in [0, 0.05) is 24.2 Å². The predicted molar refractivity (Wildman–Crippen MR) is 130 cm³/mol. The number of carboxylic acid groups (broad SMARTS) is 1. The van der Waals surface area contributed by atoms with Crippen molar-refractivity contribution >= 4 is 17.0 Å². The van der Waals surface area contributed by atoms with E-state index in [0.29, 0.717) is 23.6 Å². The fourth-order valence-electron chi connectivity index (χ4n) is 7.16. The fraction of sp³-hybridized carbons (Fsp3) is 0.667. The van der Waals surface area contributed by atoms with Crippen LogP contribution in [0.25, 0.3) is 11.0 Å². The van der Waals surface area contributed by atoms with Gasteiger partial charge in [0.25, 0.3) is 5.56 Å². The Morgan fingerprint density at radius 2 is 1.73 bits per heavy atom. The summed E-state index contributed by atoms with van der Waals surface area (Å²) in [6.07, 6.45) is 14.9. The molecule has 1 aromatic heterocycles. The number of benzene rings is 1. The van der Waals surface area contributed by atoms with Crippen LogP contribution in [0.15, 0.2) is 29.1 Å².